The number of anilines is 2. The van der Waals surface area contributed by atoms with Crippen molar-refractivity contribution in [2.75, 3.05) is 10.0 Å². The number of imidazole rings is 1. The molecule has 0 atom stereocenters. The average molecular weight is 499 g/mol. The van der Waals surface area contributed by atoms with Crippen molar-refractivity contribution >= 4 is 57.0 Å². The summed E-state index contributed by atoms with van der Waals surface area (Å²) in [5.74, 6) is 0.141. The molecule has 10 heteroatoms. The van der Waals surface area contributed by atoms with Crippen LogP contribution in [-0.4, -0.2) is 30.2 Å². The van der Waals surface area contributed by atoms with E-state index in [2.05, 4.69) is 15.0 Å². The van der Waals surface area contributed by atoms with E-state index in [4.69, 9.17) is 11.6 Å². The molecule has 1 aliphatic heterocycles. The highest BCUT2D eigenvalue weighted by Gasteiger charge is 2.28. The Bertz CT molecular complexity index is 1430. The zero-order chi connectivity index (χ0) is 24.5. The molecule has 1 aromatic heterocycles. The summed E-state index contributed by atoms with van der Waals surface area (Å²) in [4.78, 5) is 28.4. The average Bonchev–Trinajstić information content (AvgIpc) is 3.27. The Morgan fingerprint density at radius 1 is 1.21 bits per heavy atom. The molecule has 34 heavy (non-hydrogen) atoms. The molecule has 0 radical (unpaired) electrons. The van der Waals surface area contributed by atoms with Crippen molar-refractivity contribution in [2.45, 2.75) is 38.0 Å². The monoisotopic (exact) mass is 498 g/mol. The Balaban J connectivity index is 1.76. The van der Waals surface area contributed by atoms with Gasteiger partial charge in [0.15, 0.2) is 6.29 Å². The Kier molecular flexibility index (Phi) is 6.58. The molecular formula is C24H23ClN4O4S. The molecule has 176 valence electrons. The highest BCUT2D eigenvalue weighted by atomic mass is 35.5. The largest absolute Gasteiger partial charge is 0.321 e. The van der Waals surface area contributed by atoms with Crippen LogP contribution >= 0.6 is 11.6 Å². The molecule has 2 heterocycles. The number of fused-ring (bicyclic) bond motifs is 1. The molecule has 0 fully saturated rings. The van der Waals surface area contributed by atoms with E-state index in [-0.39, 0.29) is 21.3 Å². The minimum atomic E-state index is -3.90. The normalized spacial score (nSPS) is 14.2. The van der Waals surface area contributed by atoms with Gasteiger partial charge in [-0.2, -0.15) is 0 Å². The van der Waals surface area contributed by atoms with Crippen LogP contribution < -0.4 is 10.0 Å². The maximum atomic E-state index is 13.0. The van der Waals surface area contributed by atoms with Crippen molar-refractivity contribution in [3.63, 3.8) is 0 Å². The predicted molar refractivity (Wildman–Crippen MR) is 132 cm³/mol. The number of carbonyl (C=O) groups is 2. The second kappa shape index (κ2) is 9.44. The smallest absolute Gasteiger partial charge is 0.261 e. The topological polar surface area (TPSA) is 110 Å². The lowest BCUT2D eigenvalue weighted by atomic mass is 10.1. The summed E-state index contributed by atoms with van der Waals surface area (Å²) in [6.07, 6.45) is 4.37. The molecule has 0 saturated heterocycles. The molecule has 2 aromatic carbocycles. The van der Waals surface area contributed by atoms with Crippen LogP contribution in [0, 0.1) is 6.92 Å². The Labute approximate surface area is 202 Å². The molecule has 1 aliphatic rings. The third-order valence-corrected chi connectivity index (χ3v) is 7.18. The van der Waals surface area contributed by atoms with Crippen LogP contribution in [0.3, 0.4) is 0 Å². The maximum Gasteiger partial charge on any atom is 0.261 e. The van der Waals surface area contributed by atoms with Gasteiger partial charge in [0.1, 0.15) is 16.7 Å². The van der Waals surface area contributed by atoms with Gasteiger partial charge in [-0.05, 0) is 49.2 Å². The molecule has 1 amide bonds. The van der Waals surface area contributed by atoms with Crippen LogP contribution in [0.5, 0.6) is 0 Å². The maximum absolute atomic E-state index is 13.0. The predicted octanol–water partition coefficient (Wildman–Crippen LogP) is 4.75. The lowest BCUT2D eigenvalue weighted by Gasteiger charge is -2.10. The number of hydrogen-bond acceptors (Lipinski definition) is 5. The zero-order valence-corrected chi connectivity index (χ0v) is 20.2. The Morgan fingerprint density at radius 2 is 2.00 bits per heavy atom. The van der Waals surface area contributed by atoms with Crippen molar-refractivity contribution < 1.29 is 18.0 Å². The summed E-state index contributed by atoms with van der Waals surface area (Å²) < 4.78 is 30.1. The van der Waals surface area contributed by atoms with E-state index in [0.717, 1.165) is 18.4 Å². The summed E-state index contributed by atoms with van der Waals surface area (Å²) >= 11 is 6.36. The minimum absolute atomic E-state index is 0.00618. The van der Waals surface area contributed by atoms with Crippen molar-refractivity contribution in [3.8, 4) is 0 Å². The van der Waals surface area contributed by atoms with E-state index in [1.807, 2.05) is 19.9 Å². The van der Waals surface area contributed by atoms with Gasteiger partial charge >= 0.3 is 0 Å². The standard InChI is InChI=1S/C24H23ClN4O4S/c1-3-4-8-22-26-21(14-30)23(25)29(22)13-19-18-12-17(9-10-20(18)27-24(19)31)34(32,33)28-16-7-5-6-15(2)11-16/h5-7,9-14,28H,3-4,8H2,1-2H3,(H,27,31)/b19-13-. The Morgan fingerprint density at radius 3 is 2.71 bits per heavy atom. The Hall–Kier alpha value is -3.43. The van der Waals surface area contributed by atoms with E-state index in [0.29, 0.717) is 35.5 Å². The van der Waals surface area contributed by atoms with Gasteiger partial charge in [-0.25, -0.2) is 13.4 Å². The molecule has 0 spiro atoms. The number of aldehydes is 1. The van der Waals surface area contributed by atoms with Crippen LogP contribution in [0.1, 0.15) is 47.2 Å². The summed E-state index contributed by atoms with van der Waals surface area (Å²) in [5.41, 5.74) is 2.56. The van der Waals surface area contributed by atoms with Crippen LogP contribution in [-0.2, 0) is 21.2 Å². The SMILES string of the molecule is CCCCc1nc(C=O)c(Cl)n1/C=C1\C(=O)Nc2ccc(S(=O)(=O)Nc3cccc(C)c3)cc21. The minimum Gasteiger partial charge on any atom is -0.321 e. The van der Waals surface area contributed by atoms with Crippen molar-refractivity contribution in [2.24, 2.45) is 0 Å². The van der Waals surface area contributed by atoms with E-state index in [1.165, 1.54) is 22.9 Å². The molecule has 8 nitrogen and oxygen atoms in total. The van der Waals surface area contributed by atoms with Gasteiger partial charge in [0, 0.05) is 29.6 Å². The number of hydrogen-bond donors (Lipinski definition) is 2. The lowest BCUT2D eigenvalue weighted by molar-refractivity contribution is -0.110. The summed E-state index contributed by atoms with van der Waals surface area (Å²) in [5, 5.41) is 2.83. The molecular weight excluding hydrogens is 476 g/mol. The number of aromatic nitrogens is 2. The quantitative estimate of drug-likeness (QED) is 0.344. The molecule has 2 N–H and O–H groups in total. The summed E-state index contributed by atoms with van der Waals surface area (Å²) in [7, 11) is -3.90. The molecule has 0 aliphatic carbocycles. The zero-order valence-electron chi connectivity index (χ0n) is 18.6. The number of carbonyl (C=O) groups excluding carboxylic acids is 2. The second-order valence-corrected chi connectivity index (χ2v) is 10.0. The first kappa shape index (κ1) is 23.7. The molecule has 0 saturated carbocycles. The highest BCUT2D eigenvalue weighted by Crippen LogP contribution is 2.35. The van der Waals surface area contributed by atoms with Gasteiger partial charge in [-0.15, -0.1) is 0 Å². The lowest BCUT2D eigenvalue weighted by Crippen LogP contribution is -2.13. The van der Waals surface area contributed by atoms with Gasteiger partial charge in [-0.1, -0.05) is 37.1 Å². The number of aryl methyl sites for hydroxylation is 2. The van der Waals surface area contributed by atoms with Gasteiger partial charge in [0.2, 0.25) is 0 Å². The number of benzene rings is 2. The van der Waals surface area contributed by atoms with Crippen LogP contribution in [0.15, 0.2) is 47.4 Å². The molecule has 3 aromatic rings. The van der Waals surface area contributed by atoms with E-state index in [9.17, 15) is 18.0 Å². The molecule has 0 bridgehead atoms. The van der Waals surface area contributed by atoms with Gasteiger partial charge in [0.25, 0.3) is 15.9 Å². The van der Waals surface area contributed by atoms with Crippen molar-refractivity contribution in [3.05, 3.63) is 70.3 Å². The van der Waals surface area contributed by atoms with Crippen LogP contribution in [0.4, 0.5) is 11.4 Å². The number of halogens is 1. The van der Waals surface area contributed by atoms with Crippen molar-refractivity contribution in [1.29, 1.82) is 0 Å². The third-order valence-electron chi connectivity index (χ3n) is 5.43. The van der Waals surface area contributed by atoms with Gasteiger partial charge in [0.05, 0.1) is 10.5 Å². The number of unbranched alkanes of at least 4 members (excludes halogenated alkanes) is 1. The van der Waals surface area contributed by atoms with E-state index in [1.54, 1.807) is 24.3 Å². The summed E-state index contributed by atoms with van der Waals surface area (Å²) in [6, 6.07) is 11.4. The fraction of sp³-hybridized carbons (Fsp3) is 0.208. The number of sulfonamides is 1. The first-order chi connectivity index (χ1) is 16.2. The number of rotatable bonds is 8. The first-order valence-corrected chi connectivity index (χ1v) is 12.6. The number of nitrogens with one attached hydrogen (secondary N) is 2. The van der Waals surface area contributed by atoms with Gasteiger partial charge in [-0.3, -0.25) is 18.9 Å². The first-order valence-electron chi connectivity index (χ1n) is 10.7. The van der Waals surface area contributed by atoms with E-state index < -0.39 is 15.9 Å². The number of amides is 1. The highest BCUT2D eigenvalue weighted by molar-refractivity contribution is 7.92. The molecule has 4 rings (SSSR count). The fourth-order valence-corrected chi connectivity index (χ4v) is 5.02. The van der Waals surface area contributed by atoms with Crippen LogP contribution in [0.2, 0.25) is 5.15 Å². The second-order valence-electron chi connectivity index (χ2n) is 7.97. The van der Waals surface area contributed by atoms with Gasteiger partial charge < -0.3 is 5.32 Å². The van der Waals surface area contributed by atoms with Crippen LogP contribution in [0.25, 0.3) is 11.8 Å². The summed E-state index contributed by atoms with van der Waals surface area (Å²) in [6.45, 7) is 3.90. The number of nitrogens with zero attached hydrogens (tertiary/aromatic N) is 2. The fourth-order valence-electron chi connectivity index (χ4n) is 3.71. The third kappa shape index (κ3) is 4.62. The molecule has 0 unspecified atom stereocenters. The van der Waals surface area contributed by atoms with Crippen molar-refractivity contribution in [1.82, 2.24) is 9.55 Å². The van der Waals surface area contributed by atoms with E-state index >= 15 is 0 Å².